The fourth-order valence-corrected chi connectivity index (χ4v) is 1.96. The van der Waals surface area contributed by atoms with Gasteiger partial charge < -0.3 is 4.74 Å². The minimum absolute atomic E-state index is 0.00631. The van der Waals surface area contributed by atoms with Gasteiger partial charge in [-0.25, -0.2) is 27.3 Å². The van der Waals surface area contributed by atoms with Crippen LogP contribution in [0.4, 0.5) is 27.6 Å². The van der Waals surface area contributed by atoms with Crippen molar-refractivity contribution in [3.63, 3.8) is 0 Å². The molecule has 0 saturated heterocycles. The molecule has 0 aromatic carbocycles. The first-order valence-electron chi connectivity index (χ1n) is 4.59. The number of alkyl halides is 5. The summed E-state index contributed by atoms with van der Waals surface area (Å²) < 4.78 is 86.7. The van der Waals surface area contributed by atoms with Crippen LogP contribution in [0.1, 0.15) is 12.1 Å². The van der Waals surface area contributed by atoms with Crippen LogP contribution in [-0.4, -0.2) is 24.7 Å². The predicted molar refractivity (Wildman–Crippen MR) is 53.9 cm³/mol. The van der Waals surface area contributed by atoms with Crippen LogP contribution < -0.4 is 9.88 Å². The largest absolute Gasteiger partial charge is 0.574 e. The molecule has 14 heteroatoms. The van der Waals surface area contributed by atoms with Crippen molar-refractivity contribution >= 4 is 15.7 Å². The Kier molecular flexibility index (Phi) is 4.33. The molecule has 0 fully saturated rings. The molecule has 0 amide bonds. The van der Waals surface area contributed by atoms with E-state index in [1.54, 1.807) is 0 Å². The van der Waals surface area contributed by atoms with Gasteiger partial charge in [0.25, 0.3) is 12.1 Å². The summed E-state index contributed by atoms with van der Waals surface area (Å²) in [4.78, 5) is 9.99. The molecule has 0 aliphatic rings. The molecule has 1 aromatic heterocycles. The molecular formula is C7H4F5N3O5S. The lowest BCUT2D eigenvalue weighted by Gasteiger charge is -2.12. The van der Waals surface area contributed by atoms with E-state index in [0.29, 0.717) is 0 Å². The Morgan fingerprint density at radius 1 is 1.38 bits per heavy atom. The highest BCUT2D eigenvalue weighted by Crippen LogP contribution is 2.36. The first kappa shape index (κ1) is 17.0. The van der Waals surface area contributed by atoms with Gasteiger partial charge in [0.1, 0.15) is 5.69 Å². The minimum atomic E-state index is -5.53. The number of nitro groups is 1. The molecule has 0 aliphatic heterocycles. The van der Waals surface area contributed by atoms with Crippen molar-refractivity contribution in [1.29, 1.82) is 0 Å². The van der Waals surface area contributed by atoms with E-state index in [4.69, 9.17) is 0 Å². The average molecular weight is 337 g/mol. The summed E-state index contributed by atoms with van der Waals surface area (Å²) in [5.41, 5.74) is -3.09. The third kappa shape index (κ3) is 4.19. The maximum absolute atomic E-state index is 12.4. The predicted octanol–water partition coefficient (Wildman–Crippen LogP) is 1.47. The smallest absolute Gasteiger partial charge is 0.386 e. The zero-order valence-corrected chi connectivity index (χ0v) is 10.3. The summed E-state index contributed by atoms with van der Waals surface area (Å²) in [5.74, 6) is -1.95. The topological polar surface area (TPSA) is 125 Å². The summed E-state index contributed by atoms with van der Waals surface area (Å²) in [6.45, 7) is 0. The SMILES string of the molecule is NS(=O)(=O)c1c([N+](=O)[O-])cc(C(F)F)nc1OC(F)(F)F. The molecule has 118 valence electrons. The summed E-state index contributed by atoms with van der Waals surface area (Å²) in [6, 6.07) is -0.00631. The molecule has 8 nitrogen and oxygen atoms in total. The van der Waals surface area contributed by atoms with Crippen molar-refractivity contribution in [1.82, 2.24) is 4.98 Å². The Morgan fingerprint density at radius 3 is 2.24 bits per heavy atom. The molecular weight excluding hydrogens is 333 g/mol. The maximum atomic E-state index is 12.4. The third-order valence-electron chi connectivity index (χ3n) is 1.86. The van der Waals surface area contributed by atoms with Gasteiger partial charge in [-0.2, -0.15) is 0 Å². The Balaban J connectivity index is 3.75. The molecule has 0 bridgehead atoms. The van der Waals surface area contributed by atoms with E-state index in [1.165, 1.54) is 0 Å². The number of halogens is 5. The Labute approximate surface area is 112 Å². The molecule has 0 atom stereocenters. The molecule has 21 heavy (non-hydrogen) atoms. The monoisotopic (exact) mass is 337 g/mol. The van der Waals surface area contributed by atoms with Crippen LogP contribution in [0.5, 0.6) is 5.88 Å². The van der Waals surface area contributed by atoms with E-state index in [2.05, 4.69) is 14.9 Å². The van der Waals surface area contributed by atoms with Gasteiger partial charge in [0.2, 0.25) is 20.8 Å². The lowest BCUT2D eigenvalue weighted by Crippen LogP contribution is -2.23. The van der Waals surface area contributed by atoms with Gasteiger partial charge in [-0.3, -0.25) is 10.1 Å². The summed E-state index contributed by atoms with van der Waals surface area (Å²) in [6.07, 6.45) is -9.03. The molecule has 2 N–H and O–H groups in total. The van der Waals surface area contributed by atoms with Gasteiger partial charge in [-0.05, 0) is 0 Å². The normalized spacial score (nSPS) is 12.5. The number of sulfonamides is 1. The van der Waals surface area contributed by atoms with E-state index < -0.39 is 49.9 Å². The maximum Gasteiger partial charge on any atom is 0.574 e. The van der Waals surface area contributed by atoms with Gasteiger partial charge in [0.15, 0.2) is 0 Å². The van der Waals surface area contributed by atoms with Crippen molar-refractivity contribution in [2.24, 2.45) is 5.14 Å². The lowest BCUT2D eigenvalue weighted by molar-refractivity contribution is -0.388. The van der Waals surface area contributed by atoms with Crippen LogP contribution in [0.25, 0.3) is 0 Å². The zero-order chi connectivity index (χ0) is 16.6. The van der Waals surface area contributed by atoms with Gasteiger partial charge in [-0.1, -0.05) is 0 Å². The molecule has 1 aromatic rings. The van der Waals surface area contributed by atoms with Crippen molar-refractivity contribution in [3.8, 4) is 5.88 Å². The number of primary sulfonamides is 1. The molecule has 1 heterocycles. The summed E-state index contributed by atoms with van der Waals surface area (Å²) >= 11 is 0. The standard InChI is InChI=1S/C7H4F5N3O5S/c8-5(9)2-1-3(15(16)17)4(21(13,18)19)6(14-2)20-7(10,11)12/h1,5H,(H2,13,18,19). The number of nitrogens with two attached hydrogens (primary N) is 1. The van der Waals surface area contributed by atoms with Crippen LogP contribution in [0, 0.1) is 10.1 Å². The van der Waals surface area contributed by atoms with Crippen LogP contribution in [0.3, 0.4) is 0 Å². The van der Waals surface area contributed by atoms with Crippen LogP contribution in [0.15, 0.2) is 11.0 Å². The van der Waals surface area contributed by atoms with Gasteiger partial charge in [0.05, 0.1) is 4.92 Å². The first-order valence-corrected chi connectivity index (χ1v) is 6.13. The Bertz CT molecular complexity index is 674. The average Bonchev–Trinajstić information content (AvgIpc) is 2.23. The highest BCUT2D eigenvalue weighted by molar-refractivity contribution is 7.89. The minimum Gasteiger partial charge on any atom is -0.386 e. The number of pyridine rings is 1. The fraction of sp³-hybridized carbons (Fsp3) is 0.286. The highest BCUT2D eigenvalue weighted by atomic mass is 32.2. The number of ether oxygens (including phenoxy) is 1. The van der Waals surface area contributed by atoms with E-state index in [1.807, 2.05) is 0 Å². The van der Waals surface area contributed by atoms with Crippen LogP contribution >= 0.6 is 0 Å². The highest BCUT2D eigenvalue weighted by Gasteiger charge is 2.39. The van der Waals surface area contributed by atoms with Gasteiger partial charge in [0, 0.05) is 6.07 Å². The number of rotatable bonds is 4. The quantitative estimate of drug-likeness (QED) is 0.504. The van der Waals surface area contributed by atoms with E-state index in [-0.39, 0.29) is 6.07 Å². The summed E-state index contributed by atoms with van der Waals surface area (Å²) in [5, 5.41) is 15.2. The summed E-state index contributed by atoms with van der Waals surface area (Å²) in [7, 11) is -5.10. The fourth-order valence-electron chi connectivity index (χ4n) is 1.21. The molecule has 0 radical (unpaired) electrons. The molecule has 0 spiro atoms. The molecule has 0 saturated carbocycles. The molecule has 1 rings (SSSR count). The van der Waals surface area contributed by atoms with E-state index in [9.17, 15) is 40.5 Å². The first-order chi connectivity index (χ1) is 9.33. The van der Waals surface area contributed by atoms with E-state index in [0.717, 1.165) is 0 Å². The third-order valence-corrected chi connectivity index (χ3v) is 2.81. The zero-order valence-electron chi connectivity index (χ0n) is 9.47. The number of hydrogen-bond donors (Lipinski definition) is 1. The number of hydrogen-bond acceptors (Lipinski definition) is 6. The molecule has 0 unspecified atom stereocenters. The Hall–Kier alpha value is -2.09. The van der Waals surface area contributed by atoms with Crippen molar-refractivity contribution in [3.05, 3.63) is 21.9 Å². The Morgan fingerprint density at radius 2 is 1.90 bits per heavy atom. The number of nitrogens with zero attached hydrogens (tertiary/aromatic N) is 2. The second-order valence-corrected chi connectivity index (χ2v) is 4.85. The van der Waals surface area contributed by atoms with Gasteiger partial charge in [-0.15, -0.1) is 13.2 Å². The number of aromatic nitrogens is 1. The van der Waals surface area contributed by atoms with Gasteiger partial charge >= 0.3 is 6.36 Å². The van der Waals surface area contributed by atoms with Crippen molar-refractivity contribution < 1.29 is 40.0 Å². The molecule has 0 aliphatic carbocycles. The van der Waals surface area contributed by atoms with Crippen LogP contribution in [-0.2, 0) is 10.0 Å². The van der Waals surface area contributed by atoms with Crippen LogP contribution in [0.2, 0.25) is 0 Å². The second-order valence-electron chi connectivity index (χ2n) is 3.35. The van der Waals surface area contributed by atoms with Crippen molar-refractivity contribution in [2.45, 2.75) is 17.7 Å². The van der Waals surface area contributed by atoms with E-state index >= 15 is 0 Å². The van der Waals surface area contributed by atoms with Crippen molar-refractivity contribution in [2.75, 3.05) is 0 Å². The second kappa shape index (κ2) is 5.36. The lowest BCUT2D eigenvalue weighted by atomic mass is 10.3.